The van der Waals surface area contributed by atoms with E-state index in [2.05, 4.69) is 4.74 Å². The van der Waals surface area contributed by atoms with Crippen molar-refractivity contribution < 1.29 is 14.0 Å². The van der Waals surface area contributed by atoms with Crippen LogP contribution in [0.2, 0.25) is 0 Å². The van der Waals surface area contributed by atoms with E-state index in [9.17, 15) is 0 Å². The molecule has 1 saturated carbocycles. The van der Waals surface area contributed by atoms with Gasteiger partial charge in [0.1, 0.15) is 0 Å². The van der Waals surface area contributed by atoms with Crippen molar-refractivity contribution in [3.63, 3.8) is 0 Å². The van der Waals surface area contributed by atoms with Crippen LogP contribution in [0.4, 0.5) is 0 Å². The van der Waals surface area contributed by atoms with Gasteiger partial charge >= 0.3 is 0 Å². The first-order chi connectivity index (χ1) is 4.97. The van der Waals surface area contributed by atoms with Crippen LogP contribution in [-0.4, -0.2) is 25.4 Å². The molecule has 1 aliphatic rings. The van der Waals surface area contributed by atoms with E-state index >= 15 is 0 Å². The summed E-state index contributed by atoms with van der Waals surface area (Å²) in [6, 6.07) is 0. The Bertz CT molecular complexity index is 139. The van der Waals surface area contributed by atoms with Crippen molar-refractivity contribution in [3.8, 4) is 0 Å². The smallest absolute Gasteiger partial charge is 0.0540 e. The van der Waals surface area contributed by atoms with Crippen molar-refractivity contribution >= 4 is 0 Å². The van der Waals surface area contributed by atoms with Gasteiger partial charge < -0.3 is 9.84 Å². The number of methoxy groups -OCH3 is 1. The monoisotopic (exact) mass is 119 g/mol. The minimum atomic E-state index is -2.31. The Morgan fingerprint density at radius 2 is 2.62 bits per heavy atom. The summed E-state index contributed by atoms with van der Waals surface area (Å²) < 4.78 is 24.8. The zero-order chi connectivity index (χ0) is 8.54. The molecule has 0 saturated heterocycles. The highest BCUT2D eigenvalue weighted by Gasteiger charge is 2.41. The van der Waals surface area contributed by atoms with Crippen LogP contribution in [0.3, 0.4) is 0 Å². The van der Waals surface area contributed by atoms with E-state index in [0.29, 0.717) is 0 Å². The van der Waals surface area contributed by atoms with Crippen molar-refractivity contribution in [3.05, 3.63) is 0 Å². The van der Waals surface area contributed by atoms with Crippen molar-refractivity contribution in [2.45, 2.75) is 12.8 Å². The highest BCUT2D eigenvalue weighted by Crippen LogP contribution is 2.44. The fraction of sp³-hybridized carbons (Fsp3) is 1.00. The summed E-state index contributed by atoms with van der Waals surface area (Å²) in [5.74, 6) is 0. The highest BCUT2D eigenvalue weighted by molar-refractivity contribution is 4.91. The molecule has 0 atom stereocenters. The zero-order valence-corrected chi connectivity index (χ0v) is 4.68. The van der Waals surface area contributed by atoms with Crippen LogP contribution >= 0.6 is 0 Å². The molecule has 0 bridgehead atoms. The maximum atomic E-state index is 8.79. The lowest BCUT2D eigenvalue weighted by molar-refractivity contribution is 0.0959. The topological polar surface area (TPSA) is 29.5 Å². The van der Waals surface area contributed by atoms with Gasteiger partial charge in [0, 0.05) is 12.5 Å². The molecule has 0 aromatic rings. The molecule has 0 amide bonds. The molecule has 0 heterocycles. The summed E-state index contributed by atoms with van der Waals surface area (Å²) in [5, 5.41) is 8.79. The molecule has 2 nitrogen and oxygen atoms in total. The molecular weight excluding hydrogens is 104 g/mol. The second kappa shape index (κ2) is 2.03. The molecule has 48 valence electrons. The largest absolute Gasteiger partial charge is 0.396 e. The maximum absolute atomic E-state index is 8.79. The van der Waals surface area contributed by atoms with Gasteiger partial charge in [-0.05, 0) is 12.8 Å². The fourth-order valence-corrected chi connectivity index (χ4v) is 0.678. The summed E-state index contributed by atoms with van der Waals surface area (Å²) in [6.45, 7) is 0.184. The summed E-state index contributed by atoms with van der Waals surface area (Å²) in [4.78, 5) is 0. The average Bonchev–Trinajstić information content (AvgIpc) is 2.63. The minimum absolute atomic E-state index is 0.0308. The fourth-order valence-electron chi connectivity index (χ4n) is 0.678. The van der Waals surface area contributed by atoms with E-state index in [-0.39, 0.29) is 18.6 Å². The average molecular weight is 119 g/mol. The number of rotatable bonds is 3. The van der Waals surface area contributed by atoms with Crippen molar-refractivity contribution in [1.82, 2.24) is 0 Å². The van der Waals surface area contributed by atoms with Crippen molar-refractivity contribution in [2.24, 2.45) is 5.41 Å². The van der Waals surface area contributed by atoms with Gasteiger partial charge in [-0.2, -0.15) is 0 Å². The van der Waals surface area contributed by atoms with Crippen LogP contribution in [0.25, 0.3) is 0 Å². The third-order valence-corrected chi connectivity index (χ3v) is 1.67. The van der Waals surface area contributed by atoms with Gasteiger partial charge in [-0.1, -0.05) is 0 Å². The molecule has 1 rings (SSSR count). The predicted molar refractivity (Wildman–Crippen MR) is 30.6 cm³/mol. The highest BCUT2D eigenvalue weighted by atomic mass is 16.5. The lowest BCUT2D eigenvalue weighted by Crippen LogP contribution is -2.12. The molecule has 1 N–H and O–H groups in total. The van der Waals surface area contributed by atoms with Gasteiger partial charge in [-0.3, -0.25) is 0 Å². The van der Waals surface area contributed by atoms with E-state index in [4.69, 9.17) is 9.22 Å². The van der Waals surface area contributed by atoms with E-state index in [1.165, 1.54) is 0 Å². The van der Waals surface area contributed by atoms with Gasteiger partial charge in [0.15, 0.2) is 0 Å². The molecule has 0 unspecified atom stereocenters. The second-order valence-electron chi connectivity index (χ2n) is 2.45. The molecule has 8 heavy (non-hydrogen) atoms. The van der Waals surface area contributed by atoms with E-state index in [0.717, 1.165) is 12.8 Å². The quantitative estimate of drug-likeness (QED) is 0.583. The number of ether oxygens (including phenoxy) is 1. The van der Waals surface area contributed by atoms with Crippen LogP contribution in [0.15, 0.2) is 0 Å². The standard InChI is InChI=1S/C6H12O2/c1-8-5-6(4-7)2-3-6/h7H,2-5H2,1H3/i1D3. The molecule has 2 heteroatoms. The summed E-state index contributed by atoms with van der Waals surface area (Å²) in [7, 11) is -2.31. The van der Waals surface area contributed by atoms with Crippen molar-refractivity contribution in [1.29, 1.82) is 0 Å². The first-order valence-electron chi connectivity index (χ1n) is 4.22. The van der Waals surface area contributed by atoms with Crippen molar-refractivity contribution in [2.75, 3.05) is 20.3 Å². The molecule has 0 aromatic carbocycles. The van der Waals surface area contributed by atoms with Gasteiger partial charge in [-0.25, -0.2) is 0 Å². The Morgan fingerprint density at radius 1 is 1.88 bits per heavy atom. The Morgan fingerprint density at radius 3 is 3.00 bits per heavy atom. The summed E-state index contributed by atoms with van der Waals surface area (Å²) >= 11 is 0. The molecule has 0 spiro atoms. The van der Waals surface area contributed by atoms with Gasteiger partial charge in [0.25, 0.3) is 0 Å². The third-order valence-electron chi connectivity index (χ3n) is 1.67. The molecule has 0 aromatic heterocycles. The molecule has 0 aliphatic heterocycles. The predicted octanol–water partition coefficient (Wildman–Crippen LogP) is 0.405. The zero-order valence-electron chi connectivity index (χ0n) is 7.68. The van der Waals surface area contributed by atoms with Crippen LogP contribution in [0.5, 0.6) is 0 Å². The van der Waals surface area contributed by atoms with Crippen LogP contribution < -0.4 is 0 Å². The lowest BCUT2D eigenvalue weighted by atomic mass is 10.1. The number of aliphatic hydroxyl groups is 1. The Balaban J connectivity index is 2.22. The second-order valence-corrected chi connectivity index (χ2v) is 2.45. The minimum Gasteiger partial charge on any atom is -0.396 e. The van der Waals surface area contributed by atoms with E-state index in [1.54, 1.807) is 0 Å². The molecular formula is C6H12O2. The summed E-state index contributed by atoms with van der Waals surface area (Å²) in [5.41, 5.74) is -0.228. The Kier molecular flexibility index (Phi) is 0.809. The summed E-state index contributed by atoms with van der Waals surface area (Å²) in [6.07, 6.45) is 1.75. The first kappa shape index (κ1) is 3.18. The number of aliphatic hydroxyl groups excluding tert-OH is 1. The molecule has 1 fully saturated rings. The van der Waals surface area contributed by atoms with Crippen LogP contribution in [0, 0.1) is 5.41 Å². The molecule has 1 aliphatic carbocycles. The third kappa shape index (κ3) is 1.01. The van der Waals surface area contributed by atoms with E-state index in [1.807, 2.05) is 0 Å². The van der Waals surface area contributed by atoms with Crippen LogP contribution in [-0.2, 0) is 4.74 Å². The molecule has 0 radical (unpaired) electrons. The normalized spacial score (nSPS) is 30.4. The SMILES string of the molecule is [2H]C([2H])([2H])OCC1(CO)CC1. The van der Waals surface area contributed by atoms with Gasteiger partial charge in [0.05, 0.1) is 17.3 Å². The Labute approximate surface area is 53.7 Å². The number of hydrogen-bond acceptors (Lipinski definition) is 2. The van der Waals surface area contributed by atoms with Crippen LogP contribution in [0.1, 0.15) is 17.0 Å². The van der Waals surface area contributed by atoms with Gasteiger partial charge in [-0.15, -0.1) is 0 Å². The van der Waals surface area contributed by atoms with E-state index < -0.39 is 7.04 Å². The lowest BCUT2D eigenvalue weighted by Gasteiger charge is -2.07. The maximum Gasteiger partial charge on any atom is 0.0540 e. The van der Waals surface area contributed by atoms with Gasteiger partial charge in [0.2, 0.25) is 0 Å². The first-order valence-corrected chi connectivity index (χ1v) is 2.72. The number of hydrogen-bond donors (Lipinski definition) is 1. The Hall–Kier alpha value is -0.0800.